The van der Waals surface area contributed by atoms with Crippen molar-refractivity contribution in [2.24, 2.45) is 11.3 Å². The molecular formula is C15H22ClN3O. The Kier molecular flexibility index (Phi) is 4.33. The van der Waals surface area contributed by atoms with E-state index in [1.807, 2.05) is 0 Å². The summed E-state index contributed by atoms with van der Waals surface area (Å²) in [5.41, 5.74) is 0.741. The Morgan fingerprint density at radius 2 is 1.85 bits per heavy atom. The molecule has 0 bridgehead atoms. The molecule has 0 amide bonds. The number of rotatable bonds is 2. The molecular weight excluding hydrogens is 274 g/mol. The third kappa shape index (κ3) is 3.11. The van der Waals surface area contributed by atoms with E-state index >= 15 is 0 Å². The van der Waals surface area contributed by atoms with E-state index in [0.717, 1.165) is 32.2 Å². The Morgan fingerprint density at radius 1 is 1.25 bits per heavy atom. The maximum absolute atomic E-state index is 11.2. The highest BCUT2D eigenvalue weighted by Crippen LogP contribution is 2.36. The van der Waals surface area contributed by atoms with E-state index in [2.05, 4.69) is 35.6 Å². The van der Waals surface area contributed by atoms with Gasteiger partial charge in [0.1, 0.15) is 16.8 Å². The highest BCUT2D eigenvalue weighted by molar-refractivity contribution is 6.32. The number of anilines is 1. The second-order valence-corrected chi connectivity index (χ2v) is 6.90. The fourth-order valence-corrected chi connectivity index (χ4v) is 3.08. The molecule has 0 N–H and O–H groups in total. The number of nitrogens with zero attached hydrogens (tertiary/aromatic N) is 3. The maximum atomic E-state index is 11.2. The molecule has 5 heteroatoms. The number of carbonyl (C=O) groups is 1. The summed E-state index contributed by atoms with van der Waals surface area (Å²) < 4.78 is 0. The monoisotopic (exact) mass is 295 g/mol. The zero-order valence-electron chi connectivity index (χ0n) is 12.6. The van der Waals surface area contributed by atoms with Gasteiger partial charge in [0.15, 0.2) is 6.29 Å². The topological polar surface area (TPSA) is 46.1 Å². The zero-order chi connectivity index (χ0) is 14.9. The number of aryl methyl sites for hydroxylation is 1. The van der Waals surface area contributed by atoms with Crippen LogP contribution in [-0.2, 0) is 0 Å². The number of carbonyl (C=O) groups excluding carboxylic acids is 1. The molecule has 2 heterocycles. The van der Waals surface area contributed by atoms with Crippen molar-refractivity contribution in [3.8, 4) is 0 Å². The summed E-state index contributed by atoms with van der Waals surface area (Å²) in [4.78, 5) is 21.9. The van der Waals surface area contributed by atoms with Crippen molar-refractivity contribution in [1.29, 1.82) is 0 Å². The minimum atomic E-state index is 0.250. The molecule has 1 aliphatic rings. The average molecular weight is 296 g/mol. The van der Waals surface area contributed by atoms with Crippen LogP contribution in [0, 0.1) is 18.3 Å². The number of piperidine rings is 1. The van der Waals surface area contributed by atoms with Gasteiger partial charge < -0.3 is 4.90 Å². The molecule has 1 fully saturated rings. The molecule has 2 rings (SSSR count). The summed E-state index contributed by atoms with van der Waals surface area (Å²) >= 11 is 6.05. The second kappa shape index (κ2) is 5.68. The Morgan fingerprint density at radius 3 is 2.35 bits per heavy atom. The molecule has 0 unspecified atom stereocenters. The van der Waals surface area contributed by atoms with E-state index in [0.29, 0.717) is 28.5 Å². The normalized spacial score (nSPS) is 17.4. The molecule has 1 aliphatic heterocycles. The SMILES string of the molecule is Cc1nc(Cl)c(C=O)c(N2CCC(C(C)(C)C)CC2)n1. The van der Waals surface area contributed by atoms with E-state index < -0.39 is 0 Å². The number of hydrogen-bond acceptors (Lipinski definition) is 4. The van der Waals surface area contributed by atoms with Crippen LogP contribution in [0.5, 0.6) is 0 Å². The predicted octanol–water partition coefficient (Wildman–Crippen LogP) is 3.51. The molecule has 0 radical (unpaired) electrons. The van der Waals surface area contributed by atoms with Crippen molar-refractivity contribution < 1.29 is 4.79 Å². The largest absolute Gasteiger partial charge is 0.356 e. The van der Waals surface area contributed by atoms with Crippen LogP contribution in [0.4, 0.5) is 5.82 Å². The average Bonchev–Trinajstić information content (AvgIpc) is 2.37. The van der Waals surface area contributed by atoms with Gasteiger partial charge in [-0.2, -0.15) is 0 Å². The van der Waals surface area contributed by atoms with Gasteiger partial charge in [-0.05, 0) is 31.1 Å². The third-order valence-corrected chi connectivity index (χ3v) is 4.42. The van der Waals surface area contributed by atoms with Gasteiger partial charge in [-0.1, -0.05) is 32.4 Å². The Bertz CT molecular complexity index is 503. The number of halogens is 1. The number of aldehydes is 1. The van der Waals surface area contributed by atoms with Crippen molar-refractivity contribution in [2.75, 3.05) is 18.0 Å². The molecule has 20 heavy (non-hydrogen) atoms. The summed E-state index contributed by atoms with van der Waals surface area (Å²) in [6, 6.07) is 0. The van der Waals surface area contributed by atoms with Crippen LogP contribution >= 0.6 is 11.6 Å². The van der Waals surface area contributed by atoms with Gasteiger partial charge in [0.2, 0.25) is 0 Å². The van der Waals surface area contributed by atoms with Crippen LogP contribution in [-0.4, -0.2) is 29.3 Å². The summed E-state index contributed by atoms with van der Waals surface area (Å²) in [5.74, 6) is 2.00. The fraction of sp³-hybridized carbons (Fsp3) is 0.667. The standard InChI is InChI=1S/C15H22ClN3O/c1-10-17-13(16)12(9-20)14(18-10)19-7-5-11(6-8-19)15(2,3)4/h9,11H,5-8H2,1-4H3. The van der Waals surface area contributed by atoms with Crippen LogP contribution in [0.1, 0.15) is 49.8 Å². The van der Waals surface area contributed by atoms with Crippen molar-refractivity contribution in [3.63, 3.8) is 0 Å². The number of hydrogen-bond donors (Lipinski definition) is 0. The van der Waals surface area contributed by atoms with Crippen LogP contribution in [0.25, 0.3) is 0 Å². The van der Waals surface area contributed by atoms with Crippen LogP contribution < -0.4 is 4.90 Å². The first kappa shape index (κ1) is 15.2. The summed E-state index contributed by atoms with van der Waals surface area (Å²) in [6.07, 6.45) is 2.98. The van der Waals surface area contributed by atoms with Crippen molar-refractivity contribution in [3.05, 3.63) is 16.5 Å². The molecule has 1 aromatic rings. The molecule has 0 aliphatic carbocycles. The van der Waals surface area contributed by atoms with E-state index in [1.54, 1.807) is 6.92 Å². The quantitative estimate of drug-likeness (QED) is 0.619. The summed E-state index contributed by atoms with van der Waals surface area (Å²) in [5, 5.41) is 0.250. The molecule has 110 valence electrons. The molecule has 4 nitrogen and oxygen atoms in total. The van der Waals surface area contributed by atoms with Gasteiger partial charge in [0.25, 0.3) is 0 Å². The Balaban J connectivity index is 2.21. The minimum absolute atomic E-state index is 0.250. The Hall–Kier alpha value is -1.16. The van der Waals surface area contributed by atoms with Crippen LogP contribution in [0.3, 0.4) is 0 Å². The lowest BCUT2D eigenvalue weighted by molar-refractivity contribution is 0.112. The first-order chi connectivity index (χ1) is 9.32. The van der Waals surface area contributed by atoms with E-state index in [4.69, 9.17) is 11.6 Å². The van der Waals surface area contributed by atoms with Crippen molar-refractivity contribution >= 4 is 23.7 Å². The van der Waals surface area contributed by atoms with Crippen molar-refractivity contribution in [1.82, 2.24) is 9.97 Å². The highest BCUT2D eigenvalue weighted by atomic mass is 35.5. The number of aromatic nitrogens is 2. The lowest BCUT2D eigenvalue weighted by Gasteiger charge is -2.39. The lowest BCUT2D eigenvalue weighted by atomic mass is 9.75. The van der Waals surface area contributed by atoms with Gasteiger partial charge in [-0.15, -0.1) is 0 Å². The van der Waals surface area contributed by atoms with Gasteiger partial charge in [-0.3, -0.25) is 4.79 Å². The fourth-order valence-electron chi connectivity index (χ4n) is 2.83. The molecule has 0 spiro atoms. The lowest BCUT2D eigenvalue weighted by Crippen LogP contribution is -2.39. The van der Waals surface area contributed by atoms with E-state index in [-0.39, 0.29) is 5.15 Å². The van der Waals surface area contributed by atoms with E-state index in [1.165, 1.54) is 0 Å². The smallest absolute Gasteiger partial charge is 0.156 e. The van der Waals surface area contributed by atoms with Gasteiger partial charge in [0, 0.05) is 13.1 Å². The van der Waals surface area contributed by atoms with Gasteiger partial charge >= 0.3 is 0 Å². The zero-order valence-corrected chi connectivity index (χ0v) is 13.4. The van der Waals surface area contributed by atoms with Crippen LogP contribution in [0.15, 0.2) is 0 Å². The molecule has 1 saturated heterocycles. The summed E-state index contributed by atoms with van der Waals surface area (Å²) in [7, 11) is 0. The molecule has 1 aromatic heterocycles. The van der Waals surface area contributed by atoms with Gasteiger partial charge in [-0.25, -0.2) is 9.97 Å². The first-order valence-corrected chi connectivity index (χ1v) is 7.45. The molecule has 0 atom stereocenters. The molecule has 0 aromatic carbocycles. The maximum Gasteiger partial charge on any atom is 0.156 e. The van der Waals surface area contributed by atoms with Gasteiger partial charge in [0.05, 0.1) is 5.56 Å². The molecule has 0 saturated carbocycles. The third-order valence-electron chi connectivity index (χ3n) is 4.13. The highest BCUT2D eigenvalue weighted by Gasteiger charge is 2.30. The Labute approximate surface area is 125 Å². The van der Waals surface area contributed by atoms with Crippen molar-refractivity contribution in [2.45, 2.75) is 40.5 Å². The first-order valence-electron chi connectivity index (χ1n) is 7.07. The second-order valence-electron chi connectivity index (χ2n) is 6.54. The van der Waals surface area contributed by atoms with E-state index in [9.17, 15) is 4.79 Å². The summed E-state index contributed by atoms with van der Waals surface area (Å²) in [6.45, 7) is 10.5. The minimum Gasteiger partial charge on any atom is -0.356 e. The predicted molar refractivity (Wildman–Crippen MR) is 81.6 cm³/mol. The van der Waals surface area contributed by atoms with Crippen LogP contribution in [0.2, 0.25) is 5.15 Å².